The zero-order valence-corrected chi connectivity index (χ0v) is 10.0. The van der Waals surface area contributed by atoms with Crippen molar-refractivity contribution >= 4 is 17.9 Å². The van der Waals surface area contributed by atoms with Crippen LogP contribution in [0.2, 0.25) is 0 Å². The van der Waals surface area contributed by atoms with Crippen LogP contribution in [0.4, 0.5) is 10.6 Å². The van der Waals surface area contributed by atoms with Gasteiger partial charge >= 0.3 is 12.1 Å². The molecule has 0 aliphatic heterocycles. The van der Waals surface area contributed by atoms with Gasteiger partial charge in [-0.1, -0.05) is 19.6 Å². The van der Waals surface area contributed by atoms with Gasteiger partial charge in [-0.05, 0) is 6.42 Å². The van der Waals surface area contributed by atoms with Gasteiger partial charge in [0.25, 0.3) is 0 Å². The smallest absolute Gasteiger partial charge is 0.413 e. The summed E-state index contributed by atoms with van der Waals surface area (Å²) in [6.07, 6.45) is 1.47. The zero-order chi connectivity index (χ0) is 13.5. The van der Waals surface area contributed by atoms with Crippen molar-refractivity contribution in [2.45, 2.75) is 19.9 Å². The van der Waals surface area contributed by atoms with Gasteiger partial charge in [-0.15, -0.1) is 0 Å². The number of aromatic carboxylic acids is 1. The third kappa shape index (κ3) is 3.62. The molecule has 0 saturated heterocycles. The highest BCUT2D eigenvalue weighted by molar-refractivity contribution is 5.89. The van der Waals surface area contributed by atoms with Crippen LogP contribution in [-0.4, -0.2) is 33.6 Å². The second kappa shape index (κ2) is 6.43. The summed E-state index contributed by atoms with van der Waals surface area (Å²) >= 11 is 0. The fraction of sp³-hybridized carbons (Fsp3) is 0.364. The Balaban J connectivity index is 2.77. The Morgan fingerprint density at radius 1 is 1.67 bits per heavy atom. The highest BCUT2D eigenvalue weighted by atomic mass is 16.5. The molecule has 0 aliphatic rings. The number of hydrogen-bond acceptors (Lipinski definition) is 4. The lowest BCUT2D eigenvalue weighted by molar-refractivity contribution is 0.0683. The number of aromatic nitrogens is 2. The number of carboxylic acid groups (broad SMARTS) is 1. The van der Waals surface area contributed by atoms with E-state index in [4.69, 9.17) is 9.84 Å². The number of carbonyl (C=O) groups excluding carboxylic acids is 1. The van der Waals surface area contributed by atoms with Crippen molar-refractivity contribution in [2.24, 2.45) is 0 Å². The minimum Gasteiger partial charge on any atom is -0.477 e. The molecule has 0 fully saturated rings. The van der Waals surface area contributed by atoms with Crippen molar-refractivity contribution in [3.05, 3.63) is 24.4 Å². The van der Waals surface area contributed by atoms with Crippen LogP contribution in [0.15, 0.2) is 18.7 Å². The van der Waals surface area contributed by atoms with E-state index in [-0.39, 0.29) is 18.1 Å². The lowest BCUT2D eigenvalue weighted by Gasteiger charge is -2.02. The number of ether oxygens (including phenoxy) is 1. The summed E-state index contributed by atoms with van der Waals surface area (Å²) in [5, 5.41) is 15.3. The maximum Gasteiger partial charge on any atom is 0.413 e. The molecule has 0 aliphatic carbocycles. The maximum absolute atomic E-state index is 11.2. The first-order chi connectivity index (χ1) is 8.58. The Kier molecular flexibility index (Phi) is 4.91. The van der Waals surface area contributed by atoms with Gasteiger partial charge in [0.15, 0.2) is 5.82 Å². The van der Waals surface area contributed by atoms with Crippen molar-refractivity contribution in [3.8, 4) is 0 Å². The average molecular weight is 253 g/mol. The van der Waals surface area contributed by atoms with Gasteiger partial charge < -0.3 is 9.84 Å². The average Bonchev–Trinajstić information content (AvgIpc) is 2.70. The van der Waals surface area contributed by atoms with Gasteiger partial charge in [-0.2, -0.15) is 5.10 Å². The highest BCUT2D eigenvalue weighted by Gasteiger charge is 2.15. The Morgan fingerprint density at radius 3 is 2.94 bits per heavy atom. The number of anilines is 1. The maximum atomic E-state index is 11.2. The number of aryl methyl sites for hydroxylation is 1. The van der Waals surface area contributed by atoms with E-state index in [9.17, 15) is 9.59 Å². The molecule has 1 amide bonds. The molecular weight excluding hydrogens is 238 g/mol. The van der Waals surface area contributed by atoms with Crippen LogP contribution in [0, 0.1) is 0 Å². The molecule has 7 nitrogen and oxygen atoms in total. The lowest BCUT2D eigenvalue weighted by atomic mass is 10.4. The van der Waals surface area contributed by atoms with Gasteiger partial charge in [0.1, 0.15) is 12.3 Å². The molecule has 1 aromatic heterocycles. The summed E-state index contributed by atoms with van der Waals surface area (Å²) in [6.45, 7) is 5.84. The number of nitrogens with zero attached hydrogens (tertiary/aromatic N) is 2. The van der Waals surface area contributed by atoms with Crippen molar-refractivity contribution < 1.29 is 19.4 Å². The predicted molar refractivity (Wildman–Crippen MR) is 64.6 cm³/mol. The fourth-order valence-electron chi connectivity index (χ4n) is 1.31. The minimum atomic E-state index is -1.09. The van der Waals surface area contributed by atoms with E-state index in [0.717, 1.165) is 6.42 Å². The Labute approximate surface area is 104 Å². The second-order valence-corrected chi connectivity index (χ2v) is 3.46. The van der Waals surface area contributed by atoms with E-state index >= 15 is 0 Å². The van der Waals surface area contributed by atoms with Crippen LogP contribution in [-0.2, 0) is 11.3 Å². The van der Waals surface area contributed by atoms with Gasteiger partial charge in [0.05, 0.1) is 0 Å². The van der Waals surface area contributed by atoms with Gasteiger partial charge in [-0.25, -0.2) is 9.59 Å². The molecule has 0 bridgehead atoms. The topological polar surface area (TPSA) is 93.5 Å². The van der Waals surface area contributed by atoms with Crippen LogP contribution in [0.1, 0.15) is 23.8 Å². The summed E-state index contributed by atoms with van der Waals surface area (Å²) in [5.74, 6) is -0.946. The Morgan fingerprint density at radius 2 is 2.39 bits per heavy atom. The van der Waals surface area contributed by atoms with Crippen molar-refractivity contribution in [2.75, 3.05) is 11.9 Å². The molecule has 0 unspecified atom stereocenters. The second-order valence-electron chi connectivity index (χ2n) is 3.46. The Hall–Kier alpha value is -2.31. The first-order valence-electron chi connectivity index (χ1n) is 5.44. The van der Waals surface area contributed by atoms with Crippen LogP contribution in [0.5, 0.6) is 0 Å². The molecule has 0 radical (unpaired) electrons. The molecule has 18 heavy (non-hydrogen) atoms. The molecular formula is C11H15N3O4. The first kappa shape index (κ1) is 13.8. The van der Waals surface area contributed by atoms with Crippen LogP contribution >= 0.6 is 0 Å². The number of carbonyl (C=O) groups is 2. The van der Waals surface area contributed by atoms with Crippen molar-refractivity contribution in [1.29, 1.82) is 0 Å². The summed E-state index contributed by atoms with van der Waals surface area (Å²) < 4.78 is 6.02. The molecule has 7 heteroatoms. The Bertz CT molecular complexity index is 453. The molecule has 1 heterocycles. The third-order valence-electron chi connectivity index (χ3n) is 2.00. The number of carboxylic acids is 1. The predicted octanol–water partition coefficient (Wildman–Crippen LogP) is 1.73. The number of nitrogens with one attached hydrogen (secondary N) is 1. The van der Waals surface area contributed by atoms with E-state index in [2.05, 4.69) is 17.0 Å². The van der Waals surface area contributed by atoms with E-state index in [1.165, 1.54) is 16.8 Å². The van der Waals surface area contributed by atoms with Crippen LogP contribution < -0.4 is 5.32 Å². The summed E-state index contributed by atoms with van der Waals surface area (Å²) in [5.41, 5.74) is 0.0240. The van der Waals surface area contributed by atoms with Crippen molar-refractivity contribution in [1.82, 2.24) is 9.78 Å². The summed E-state index contributed by atoms with van der Waals surface area (Å²) in [4.78, 5) is 22.2. The molecule has 0 aromatic carbocycles. The van der Waals surface area contributed by atoms with Gasteiger partial charge in [0.2, 0.25) is 0 Å². The SMILES string of the molecule is C=CCOC(=O)Nc1cc(C(=O)O)n(CCC)n1. The van der Waals surface area contributed by atoms with Gasteiger partial charge in [-0.3, -0.25) is 10.00 Å². The molecule has 0 saturated carbocycles. The monoisotopic (exact) mass is 253 g/mol. The van der Waals surface area contributed by atoms with Crippen molar-refractivity contribution in [3.63, 3.8) is 0 Å². The van der Waals surface area contributed by atoms with E-state index in [1.807, 2.05) is 6.92 Å². The van der Waals surface area contributed by atoms with E-state index in [0.29, 0.717) is 6.54 Å². The molecule has 0 spiro atoms. The quantitative estimate of drug-likeness (QED) is 0.753. The minimum absolute atomic E-state index is 0.0240. The standard InChI is InChI=1S/C11H15N3O4/c1-3-5-14-8(10(15)16)7-9(13-14)12-11(17)18-6-4-2/h4,7H,2-3,5-6H2,1H3,(H,15,16)(H,12,13,17). The summed E-state index contributed by atoms with van der Waals surface area (Å²) in [6, 6.07) is 1.28. The molecule has 1 aromatic rings. The molecule has 0 atom stereocenters. The first-order valence-corrected chi connectivity index (χ1v) is 5.44. The normalized spacial score (nSPS) is 9.83. The third-order valence-corrected chi connectivity index (χ3v) is 2.00. The van der Waals surface area contributed by atoms with Crippen LogP contribution in [0.3, 0.4) is 0 Å². The largest absolute Gasteiger partial charge is 0.477 e. The fourth-order valence-corrected chi connectivity index (χ4v) is 1.31. The summed E-state index contributed by atoms with van der Waals surface area (Å²) in [7, 11) is 0. The van der Waals surface area contributed by atoms with E-state index in [1.54, 1.807) is 0 Å². The highest BCUT2D eigenvalue weighted by Crippen LogP contribution is 2.10. The number of amides is 1. The van der Waals surface area contributed by atoms with Crippen LogP contribution in [0.25, 0.3) is 0 Å². The lowest BCUT2D eigenvalue weighted by Crippen LogP contribution is -2.14. The molecule has 98 valence electrons. The molecule has 1 rings (SSSR count). The number of hydrogen-bond donors (Lipinski definition) is 2. The van der Waals surface area contributed by atoms with Gasteiger partial charge in [0, 0.05) is 12.6 Å². The zero-order valence-electron chi connectivity index (χ0n) is 10.0. The molecule has 2 N–H and O–H groups in total. The van der Waals surface area contributed by atoms with E-state index < -0.39 is 12.1 Å². The number of rotatable bonds is 6.